The maximum absolute atomic E-state index is 12.2. The van der Waals surface area contributed by atoms with Gasteiger partial charge in [0, 0.05) is 25.4 Å². The summed E-state index contributed by atoms with van der Waals surface area (Å²) in [5, 5.41) is 0. The average molecular weight is 292 g/mol. The van der Waals surface area contributed by atoms with E-state index in [0.717, 1.165) is 19.4 Å². The summed E-state index contributed by atoms with van der Waals surface area (Å²) in [5.41, 5.74) is -0.465. The van der Waals surface area contributed by atoms with Crippen molar-refractivity contribution in [3.8, 4) is 0 Å². The molecule has 5 nitrogen and oxygen atoms in total. The molecule has 1 saturated heterocycles. The number of aromatic nitrogens is 1. The average Bonchev–Trinajstić information content (AvgIpc) is 2.84. The van der Waals surface area contributed by atoms with Gasteiger partial charge in [-0.2, -0.15) is 0 Å². The summed E-state index contributed by atoms with van der Waals surface area (Å²) in [6.45, 7) is 7.81. The van der Waals surface area contributed by atoms with Gasteiger partial charge >= 0.3 is 5.97 Å². The SMILES string of the molecule is CC(C)(C)OC(=O)[C@H]1CCCN1CCn1ccccc1=O. The van der Waals surface area contributed by atoms with Gasteiger partial charge in [0.15, 0.2) is 0 Å². The molecule has 21 heavy (non-hydrogen) atoms. The second kappa shape index (κ2) is 6.43. The van der Waals surface area contributed by atoms with Gasteiger partial charge in [0.1, 0.15) is 11.6 Å². The van der Waals surface area contributed by atoms with Crippen LogP contribution in [-0.4, -0.2) is 40.2 Å². The van der Waals surface area contributed by atoms with Crippen molar-refractivity contribution in [2.24, 2.45) is 0 Å². The van der Waals surface area contributed by atoms with Crippen LogP contribution in [0.5, 0.6) is 0 Å². The first-order valence-electron chi connectivity index (χ1n) is 7.49. The van der Waals surface area contributed by atoms with Crippen molar-refractivity contribution in [3.63, 3.8) is 0 Å². The van der Waals surface area contributed by atoms with E-state index in [1.165, 1.54) is 0 Å². The van der Waals surface area contributed by atoms with Crippen LogP contribution in [0.25, 0.3) is 0 Å². The van der Waals surface area contributed by atoms with E-state index in [4.69, 9.17) is 4.74 Å². The zero-order valence-corrected chi connectivity index (χ0v) is 13.0. The number of esters is 1. The molecule has 0 N–H and O–H groups in total. The molecule has 1 aliphatic heterocycles. The second-order valence-electron chi connectivity index (χ2n) is 6.46. The first-order chi connectivity index (χ1) is 9.87. The van der Waals surface area contributed by atoms with Gasteiger partial charge in [-0.15, -0.1) is 0 Å². The molecule has 0 unspecified atom stereocenters. The third-order valence-corrected chi connectivity index (χ3v) is 3.57. The monoisotopic (exact) mass is 292 g/mol. The second-order valence-corrected chi connectivity index (χ2v) is 6.46. The first-order valence-corrected chi connectivity index (χ1v) is 7.49. The molecule has 1 aliphatic rings. The van der Waals surface area contributed by atoms with E-state index in [1.807, 2.05) is 26.8 Å². The minimum absolute atomic E-state index is 0.00878. The Balaban J connectivity index is 1.95. The summed E-state index contributed by atoms with van der Waals surface area (Å²) in [4.78, 5) is 26.0. The van der Waals surface area contributed by atoms with E-state index in [-0.39, 0.29) is 17.6 Å². The van der Waals surface area contributed by atoms with Crippen LogP contribution in [0.2, 0.25) is 0 Å². The van der Waals surface area contributed by atoms with Gasteiger partial charge in [-0.3, -0.25) is 14.5 Å². The molecule has 1 fully saturated rings. The maximum Gasteiger partial charge on any atom is 0.323 e. The standard InChI is InChI=1S/C16H24N2O3/c1-16(2,3)21-15(20)13-7-6-10-17(13)11-12-18-9-5-4-8-14(18)19/h4-5,8-9,13H,6-7,10-12H2,1-3H3/t13-/m1/s1. The topological polar surface area (TPSA) is 51.5 Å². The lowest BCUT2D eigenvalue weighted by Crippen LogP contribution is -2.42. The highest BCUT2D eigenvalue weighted by atomic mass is 16.6. The fraction of sp³-hybridized carbons (Fsp3) is 0.625. The number of likely N-dealkylation sites (tertiary alicyclic amines) is 1. The third-order valence-electron chi connectivity index (χ3n) is 3.57. The van der Waals surface area contributed by atoms with Crippen molar-refractivity contribution in [1.29, 1.82) is 0 Å². The molecule has 0 saturated carbocycles. The molecule has 1 atom stereocenters. The first kappa shape index (κ1) is 15.8. The highest BCUT2D eigenvalue weighted by molar-refractivity contribution is 5.76. The molecular formula is C16H24N2O3. The van der Waals surface area contributed by atoms with Crippen molar-refractivity contribution >= 4 is 5.97 Å². The van der Waals surface area contributed by atoms with Crippen LogP contribution in [0.15, 0.2) is 29.2 Å². The van der Waals surface area contributed by atoms with Crippen LogP contribution in [0.4, 0.5) is 0 Å². The molecule has 0 radical (unpaired) electrons. The van der Waals surface area contributed by atoms with Crippen LogP contribution in [0.3, 0.4) is 0 Å². The summed E-state index contributed by atoms with van der Waals surface area (Å²) >= 11 is 0. The number of carbonyl (C=O) groups is 1. The zero-order chi connectivity index (χ0) is 15.5. The molecule has 1 aromatic rings. The van der Waals surface area contributed by atoms with Crippen LogP contribution in [0.1, 0.15) is 33.6 Å². The lowest BCUT2D eigenvalue weighted by Gasteiger charge is -2.27. The normalized spacial score (nSPS) is 19.7. The van der Waals surface area contributed by atoms with E-state index in [9.17, 15) is 9.59 Å². The predicted molar refractivity (Wildman–Crippen MR) is 81.1 cm³/mol. The molecule has 2 heterocycles. The minimum atomic E-state index is -0.457. The van der Waals surface area contributed by atoms with Crippen molar-refractivity contribution in [1.82, 2.24) is 9.47 Å². The third kappa shape index (κ3) is 4.43. The highest BCUT2D eigenvalue weighted by Crippen LogP contribution is 2.20. The van der Waals surface area contributed by atoms with E-state index in [0.29, 0.717) is 13.1 Å². The van der Waals surface area contributed by atoms with E-state index < -0.39 is 5.60 Å². The van der Waals surface area contributed by atoms with Crippen molar-refractivity contribution in [2.75, 3.05) is 13.1 Å². The number of nitrogens with zero attached hydrogens (tertiary/aromatic N) is 2. The molecule has 5 heteroatoms. The van der Waals surface area contributed by atoms with Crippen LogP contribution >= 0.6 is 0 Å². The molecule has 0 aromatic carbocycles. The summed E-state index contributed by atoms with van der Waals surface area (Å²) < 4.78 is 7.15. The van der Waals surface area contributed by atoms with Crippen molar-refractivity contribution in [3.05, 3.63) is 34.7 Å². The van der Waals surface area contributed by atoms with Gasteiger partial charge in [0.2, 0.25) is 0 Å². The van der Waals surface area contributed by atoms with Gasteiger partial charge in [-0.25, -0.2) is 0 Å². The Kier molecular flexibility index (Phi) is 4.83. The summed E-state index contributed by atoms with van der Waals surface area (Å²) in [6, 6.07) is 4.95. The van der Waals surface area contributed by atoms with Crippen LogP contribution < -0.4 is 5.56 Å². The highest BCUT2D eigenvalue weighted by Gasteiger charge is 2.33. The largest absolute Gasteiger partial charge is 0.459 e. The Morgan fingerprint density at radius 3 is 2.76 bits per heavy atom. The lowest BCUT2D eigenvalue weighted by molar-refractivity contribution is -0.160. The smallest absolute Gasteiger partial charge is 0.323 e. The lowest BCUT2D eigenvalue weighted by atomic mass is 10.1. The molecular weight excluding hydrogens is 268 g/mol. The molecule has 0 bridgehead atoms. The Labute approximate surface area is 125 Å². The number of rotatable bonds is 4. The van der Waals surface area contributed by atoms with Gasteiger partial charge in [0.05, 0.1) is 0 Å². The Morgan fingerprint density at radius 1 is 1.33 bits per heavy atom. The quantitative estimate of drug-likeness (QED) is 0.792. The van der Waals surface area contributed by atoms with E-state index in [1.54, 1.807) is 22.9 Å². The molecule has 1 aromatic heterocycles. The number of pyridine rings is 1. The molecule has 0 aliphatic carbocycles. The maximum atomic E-state index is 12.2. The Morgan fingerprint density at radius 2 is 2.10 bits per heavy atom. The number of hydrogen-bond donors (Lipinski definition) is 0. The number of carbonyl (C=O) groups excluding carboxylic acids is 1. The predicted octanol–water partition coefficient (Wildman–Crippen LogP) is 1.65. The van der Waals surface area contributed by atoms with Gasteiger partial charge in [0.25, 0.3) is 5.56 Å². The zero-order valence-electron chi connectivity index (χ0n) is 13.0. The summed E-state index contributed by atoms with van der Waals surface area (Å²) in [7, 11) is 0. The summed E-state index contributed by atoms with van der Waals surface area (Å²) in [5.74, 6) is -0.152. The van der Waals surface area contributed by atoms with Gasteiger partial charge < -0.3 is 9.30 Å². The van der Waals surface area contributed by atoms with Gasteiger partial charge in [-0.05, 0) is 46.2 Å². The van der Waals surface area contributed by atoms with Crippen LogP contribution in [-0.2, 0) is 16.1 Å². The minimum Gasteiger partial charge on any atom is -0.459 e. The van der Waals surface area contributed by atoms with E-state index >= 15 is 0 Å². The van der Waals surface area contributed by atoms with Gasteiger partial charge in [-0.1, -0.05) is 6.07 Å². The fourth-order valence-corrected chi connectivity index (χ4v) is 2.61. The Hall–Kier alpha value is -1.62. The molecule has 116 valence electrons. The molecule has 0 spiro atoms. The number of ether oxygens (including phenoxy) is 1. The van der Waals surface area contributed by atoms with E-state index in [2.05, 4.69) is 4.90 Å². The van der Waals surface area contributed by atoms with Crippen molar-refractivity contribution < 1.29 is 9.53 Å². The molecule has 0 amide bonds. The molecule has 2 rings (SSSR count). The fourth-order valence-electron chi connectivity index (χ4n) is 2.61. The van der Waals surface area contributed by atoms with Crippen LogP contribution in [0, 0.1) is 0 Å². The van der Waals surface area contributed by atoms with Crippen molar-refractivity contribution in [2.45, 2.75) is 51.8 Å². The summed E-state index contributed by atoms with van der Waals surface area (Å²) in [6.07, 6.45) is 3.60. The number of hydrogen-bond acceptors (Lipinski definition) is 4. The Bertz CT molecular complexity index is 545.